The van der Waals surface area contributed by atoms with Crippen LogP contribution in [0.3, 0.4) is 0 Å². The number of thioether (sulfide) groups is 1. The van der Waals surface area contributed by atoms with Crippen LogP contribution >= 0.6 is 23.1 Å². The van der Waals surface area contributed by atoms with Gasteiger partial charge in [0.25, 0.3) is 0 Å². The lowest BCUT2D eigenvalue weighted by Crippen LogP contribution is -2.32. The molecule has 3 nitrogen and oxygen atoms in total. The third kappa shape index (κ3) is 4.84. The fourth-order valence-electron chi connectivity index (χ4n) is 2.82. The maximum absolute atomic E-state index is 12.2. The molecule has 0 saturated carbocycles. The van der Waals surface area contributed by atoms with Crippen LogP contribution in [0.15, 0.2) is 30.3 Å². The molecule has 0 aliphatic heterocycles. The lowest BCUT2D eigenvalue weighted by molar-refractivity contribution is -0.120. The Hall–Kier alpha value is -1.33. The Balaban J connectivity index is 1.39. The third-order valence-electron chi connectivity index (χ3n) is 4.24. The monoisotopic (exact) mass is 360 g/mol. The van der Waals surface area contributed by atoms with Gasteiger partial charge in [-0.05, 0) is 38.2 Å². The molecule has 1 aliphatic rings. The number of aromatic nitrogens is 1. The molecule has 1 aromatic heterocycles. The van der Waals surface area contributed by atoms with E-state index in [4.69, 9.17) is 4.98 Å². The molecule has 1 amide bonds. The van der Waals surface area contributed by atoms with Crippen molar-refractivity contribution in [1.29, 1.82) is 0 Å². The van der Waals surface area contributed by atoms with Crippen molar-refractivity contribution < 1.29 is 4.79 Å². The minimum atomic E-state index is -0.0327. The first kappa shape index (κ1) is 17.5. The fourth-order valence-corrected chi connectivity index (χ4v) is 4.85. The first-order valence-corrected chi connectivity index (χ1v) is 10.5. The van der Waals surface area contributed by atoms with Crippen LogP contribution in [0.5, 0.6) is 0 Å². The summed E-state index contributed by atoms with van der Waals surface area (Å²) < 4.78 is 0. The van der Waals surface area contributed by atoms with Gasteiger partial charge in [0.05, 0.1) is 16.0 Å². The number of hydrogen-bond acceptors (Lipinski definition) is 4. The number of nitrogens with zero attached hydrogens (tertiary/aromatic N) is 1. The summed E-state index contributed by atoms with van der Waals surface area (Å²) in [5.41, 5.74) is 2.56. The normalized spacial score (nSPS) is 14.9. The van der Waals surface area contributed by atoms with Crippen molar-refractivity contribution in [3.05, 3.63) is 51.5 Å². The van der Waals surface area contributed by atoms with Crippen LogP contribution in [0.2, 0.25) is 0 Å². The molecule has 0 bridgehead atoms. The number of thiazole rings is 1. The summed E-state index contributed by atoms with van der Waals surface area (Å²) in [6.07, 6.45) is 5.72. The fraction of sp³-hybridized carbons (Fsp3) is 0.474. The van der Waals surface area contributed by atoms with Gasteiger partial charge in [-0.1, -0.05) is 30.3 Å². The third-order valence-corrected chi connectivity index (χ3v) is 6.67. The van der Waals surface area contributed by atoms with Crippen LogP contribution in [0.1, 0.15) is 40.9 Å². The summed E-state index contributed by atoms with van der Waals surface area (Å²) in [4.78, 5) is 18.4. The Morgan fingerprint density at radius 2 is 2.08 bits per heavy atom. The molecule has 3 rings (SSSR count). The Morgan fingerprint density at radius 3 is 2.88 bits per heavy atom. The van der Waals surface area contributed by atoms with Crippen LogP contribution in [0.25, 0.3) is 0 Å². The summed E-state index contributed by atoms with van der Waals surface area (Å²) >= 11 is 3.52. The smallest absolute Gasteiger partial charge is 0.232 e. The molecule has 1 aromatic carbocycles. The zero-order chi connectivity index (χ0) is 16.8. The quantitative estimate of drug-likeness (QED) is 0.811. The largest absolute Gasteiger partial charge is 0.355 e. The van der Waals surface area contributed by atoms with E-state index in [1.165, 1.54) is 40.4 Å². The van der Waals surface area contributed by atoms with Crippen LogP contribution < -0.4 is 5.32 Å². The Bertz CT molecular complexity index is 646. The van der Waals surface area contributed by atoms with Gasteiger partial charge in [-0.3, -0.25) is 4.79 Å². The van der Waals surface area contributed by atoms with E-state index in [1.54, 1.807) is 11.8 Å². The predicted molar refractivity (Wildman–Crippen MR) is 103 cm³/mol. The molecule has 0 saturated heterocycles. The number of rotatable bonds is 7. The number of carbonyl (C=O) groups excluding carboxylic acids is 1. The van der Waals surface area contributed by atoms with Gasteiger partial charge in [-0.2, -0.15) is 0 Å². The Labute approximate surface area is 152 Å². The average molecular weight is 361 g/mol. The molecule has 128 valence electrons. The van der Waals surface area contributed by atoms with Crippen molar-refractivity contribution in [2.45, 2.75) is 50.0 Å². The van der Waals surface area contributed by atoms with Gasteiger partial charge < -0.3 is 5.32 Å². The van der Waals surface area contributed by atoms with Crippen molar-refractivity contribution in [2.24, 2.45) is 0 Å². The summed E-state index contributed by atoms with van der Waals surface area (Å²) in [5, 5.41) is 4.19. The van der Waals surface area contributed by atoms with Crippen molar-refractivity contribution >= 4 is 29.0 Å². The molecular formula is C19H24N2OS2. The SMILES string of the molecule is CC(SCc1ccccc1)C(=O)NCCc1nc2c(s1)CCCC2. The van der Waals surface area contributed by atoms with Gasteiger partial charge in [0.15, 0.2) is 0 Å². The number of amides is 1. The highest BCUT2D eigenvalue weighted by Gasteiger charge is 2.16. The highest BCUT2D eigenvalue weighted by atomic mass is 32.2. The van der Waals surface area contributed by atoms with Gasteiger partial charge in [-0.25, -0.2) is 4.98 Å². The van der Waals surface area contributed by atoms with Crippen molar-refractivity contribution in [2.75, 3.05) is 6.54 Å². The second kappa shape index (κ2) is 8.67. The molecule has 0 spiro atoms. The lowest BCUT2D eigenvalue weighted by Gasteiger charge is -2.11. The lowest BCUT2D eigenvalue weighted by atomic mass is 10.0. The molecule has 1 atom stereocenters. The maximum Gasteiger partial charge on any atom is 0.232 e. The van der Waals surface area contributed by atoms with Crippen molar-refractivity contribution in [3.63, 3.8) is 0 Å². The molecule has 1 N–H and O–H groups in total. The molecule has 0 fully saturated rings. The first-order chi connectivity index (χ1) is 11.7. The van der Waals surface area contributed by atoms with E-state index in [-0.39, 0.29) is 11.2 Å². The summed E-state index contributed by atoms with van der Waals surface area (Å²) in [6.45, 7) is 2.66. The molecule has 1 aliphatic carbocycles. The Kier molecular flexibility index (Phi) is 6.32. The van der Waals surface area contributed by atoms with Crippen LogP contribution in [-0.2, 0) is 29.8 Å². The number of hydrogen-bond donors (Lipinski definition) is 1. The maximum atomic E-state index is 12.2. The van der Waals surface area contributed by atoms with Gasteiger partial charge in [0, 0.05) is 23.6 Å². The molecule has 1 heterocycles. The minimum Gasteiger partial charge on any atom is -0.355 e. The van der Waals surface area contributed by atoms with Crippen LogP contribution in [-0.4, -0.2) is 22.7 Å². The van der Waals surface area contributed by atoms with E-state index in [9.17, 15) is 4.79 Å². The molecular weight excluding hydrogens is 336 g/mol. The number of aryl methyl sites for hydroxylation is 2. The summed E-state index contributed by atoms with van der Waals surface area (Å²) in [7, 11) is 0. The van der Waals surface area contributed by atoms with E-state index in [1.807, 2.05) is 36.5 Å². The zero-order valence-corrected chi connectivity index (χ0v) is 15.7. The number of carbonyl (C=O) groups is 1. The second-order valence-electron chi connectivity index (χ2n) is 6.16. The van der Waals surface area contributed by atoms with Gasteiger partial charge in [-0.15, -0.1) is 23.1 Å². The van der Waals surface area contributed by atoms with Gasteiger partial charge in [0.2, 0.25) is 5.91 Å². The number of fused-ring (bicyclic) bond motifs is 1. The van der Waals surface area contributed by atoms with Crippen LogP contribution in [0.4, 0.5) is 0 Å². The first-order valence-electron chi connectivity index (χ1n) is 8.63. The Morgan fingerprint density at radius 1 is 1.29 bits per heavy atom. The molecule has 1 unspecified atom stereocenters. The van der Waals surface area contributed by atoms with E-state index < -0.39 is 0 Å². The average Bonchev–Trinajstić information content (AvgIpc) is 3.03. The topological polar surface area (TPSA) is 42.0 Å². The molecule has 2 aromatic rings. The highest BCUT2D eigenvalue weighted by molar-refractivity contribution is 7.99. The van der Waals surface area contributed by atoms with Gasteiger partial charge in [0.1, 0.15) is 0 Å². The van der Waals surface area contributed by atoms with Crippen molar-refractivity contribution in [1.82, 2.24) is 10.3 Å². The second-order valence-corrected chi connectivity index (χ2v) is 8.66. The van der Waals surface area contributed by atoms with Gasteiger partial charge >= 0.3 is 0 Å². The molecule has 0 radical (unpaired) electrons. The number of nitrogens with one attached hydrogen (secondary N) is 1. The summed E-state index contributed by atoms with van der Waals surface area (Å²) in [5.74, 6) is 0.992. The zero-order valence-electron chi connectivity index (χ0n) is 14.1. The standard InChI is InChI=1S/C19H24N2OS2/c1-14(23-13-15-7-3-2-4-8-15)19(22)20-12-11-18-21-16-9-5-6-10-17(16)24-18/h2-4,7-8,14H,5-6,9-13H2,1H3,(H,20,22). The van der Waals surface area contributed by atoms with E-state index in [0.29, 0.717) is 6.54 Å². The molecule has 24 heavy (non-hydrogen) atoms. The van der Waals surface area contributed by atoms with Crippen molar-refractivity contribution in [3.8, 4) is 0 Å². The number of benzene rings is 1. The predicted octanol–water partition coefficient (Wildman–Crippen LogP) is 4.00. The van der Waals surface area contributed by atoms with Crippen LogP contribution in [0, 0.1) is 0 Å². The van der Waals surface area contributed by atoms with E-state index in [0.717, 1.165) is 18.6 Å². The minimum absolute atomic E-state index is 0.0327. The van der Waals surface area contributed by atoms with E-state index in [2.05, 4.69) is 17.4 Å². The van der Waals surface area contributed by atoms with E-state index >= 15 is 0 Å². The highest BCUT2D eigenvalue weighted by Crippen LogP contribution is 2.26. The molecule has 5 heteroatoms. The summed E-state index contributed by atoms with van der Waals surface area (Å²) in [6, 6.07) is 10.3.